The summed E-state index contributed by atoms with van der Waals surface area (Å²) in [5.41, 5.74) is 2.14. The van der Waals surface area contributed by atoms with Crippen molar-refractivity contribution >= 4 is 29.2 Å². The molecule has 1 aliphatic heterocycles. The minimum absolute atomic E-state index is 0.0583. The molecule has 0 unspecified atom stereocenters. The van der Waals surface area contributed by atoms with E-state index < -0.39 is 0 Å². The highest BCUT2D eigenvalue weighted by Gasteiger charge is 2.26. The minimum Gasteiger partial charge on any atom is -0.497 e. The molecule has 2 aromatic heterocycles. The van der Waals surface area contributed by atoms with E-state index in [0.29, 0.717) is 42.5 Å². The number of benzene rings is 2. The van der Waals surface area contributed by atoms with Gasteiger partial charge < -0.3 is 23.9 Å². The molecule has 0 spiro atoms. The van der Waals surface area contributed by atoms with Crippen molar-refractivity contribution < 1.29 is 18.7 Å². The zero-order valence-corrected chi connectivity index (χ0v) is 22.3. The smallest absolute Gasteiger partial charge is 0.254 e. The topological polar surface area (TPSA) is 92.0 Å². The van der Waals surface area contributed by atoms with Crippen LogP contribution in [-0.2, 0) is 11.3 Å². The van der Waals surface area contributed by atoms with Crippen LogP contribution in [0.4, 0.5) is 5.82 Å². The first-order valence-corrected chi connectivity index (χ1v) is 13.0. The number of methoxy groups -OCH3 is 1. The molecule has 10 heteroatoms. The summed E-state index contributed by atoms with van der Waals surface area (Å²) in [6.45, 7) is 2.39. The first-order chi connectivity index (χ1) is 19.0. The van der Waals surface area contributed by atoms with E-state index in [0.717, 1.165) is 22.8 Å². The molecule has 9 nitrogen and oxygen atoms in total. The first kappa shape index (κ1) is 26.2. The Labute approximate surface area is 231 Å². The van der Waals surface area contributed by atoms with Gasteiger partial charge in [0.2, 0.25) is 5.91 Å². The Morgan fingerprint density at radius 1 is 0.974 bits per heavy atom. The molecule has 4 aromatic rings. The second-order valence-corrected chi connectivity index (χ2v) is 9.56. The van der Waals surface area contributed by atoms with Gasteiger partial charge in [0.15, 0.2) is 5.82 Å². The average molecular weight is 546 g/mol. The Kier molecular flexibility index (Phi) is 8.07. The fraction of sp³-hybridized carbons (Fsp3) is 0.241. The predicted octanol–water partition coefficient (Wildman–Crippen LogP) is 4.39. The van der Waals surface area contributed by atoms with Gasteiger partial charge in [-0.3, -0.25) is 9.59 Å². The number of hydrogen-bond acceptors (Lipinski definition) is 7. The third-order valence-corrected chi connectivity index (χ3v) is 6.86. The van der Waals surface area contributed by atoms with Crippen molar-refractivity contribution in [2.75, 3.05) is 44.7 Å². The SMILES string of the molecule is COc1cccc(-c2ccc(N3CCN(C(=O)CN(Cc4ccco4)C(=O)c4ccc(Cl)cc4)CC3)nn2)c1. The number of carbonyl (C=O) groups is 2. The van der Waals surface area contributed by atoms with Gasteiger partial charge >= 0.3 is 0 Å². The Bertz CT molecular complexity index is 1400. The summed E-state index contributed by atoms with van der Waals surface area (Å²) < 4.78 is 10.7. The van der Waals surface area contributed by atoms with Crippen molar-refractivity contribution in [2.24, 2.45) is 0 Å². The van der Waals surface area contributed by atoms with Crippen LogP contribution in [0.15, 0.2) is 83.5 Å². The lowest BCUT2D eigenvalue weighted by Gasteiger charge is -2.36. The lowest BCUT2D eigenvalue weighted by molar-refractivity contribution is -0.132. The van der Waals surface area contributed by atoms with Gasteiger partial charge in [-0.15, -0.1) is 10.2 Å². The highest BCUT2D eigenvalue weighted by atomic mass is 35.5. The van der Waals surface area contributed by atoms with Crippen molar-refractivity contribution in [1.82, 2.24) is 20.0 Å². The number of nitrogens with zero attached hydrogens (tertiary/aromatic N) is 5. The van der Waals surface area contributed by atoms with Crippen LogP contribution in [0.2, 0.25) is 5.02 Å². The molecule has 39 heavy (non-hydrogen) atoms. The van der Waals surface area contributed by atoms with Gasteiger partial charge in [-0.2, -0.15) is 0 Å². The lowest BCUT2D eigenvalue weighted by atomic mass is 10.1. The van der Waals surface area contributed by atoms with E-state index in [9.17, 15) is 9.59 Å². The van der Waals surface area contributed by atoms with Crippen LogP contribution in [0.3, 0.4) is 0 Å². The summed E-state index contributed by atoms with van der Waals surface area (Å²) in [6.07, 6.45) is 1.55. The van der Waals surface area contributed by atoms with E-state index in [1.54, 1.807) is 54.7 Å². The Hall–Kier alpha value is -4.37. The highest BCUT2D eigenvalue weighted by Crippen LogP contribution is 2.23. The van der Waals surface area contributed by atoms with Crippen LogP contribution < -0.4 is 9.64 Å². The van der Waals surface area contributed by atoms with Gasteiger partial charge in [0, 0.05) is 42.3 Å². The Balaban J connectivity index is 1.20. The number of carbonyl (C=O) groups excluding carboxylic acids is 2. The molecular formula is C29H28ClN5O4. The number of aromatic nitrogens is 2. The summed E-state index contributed by atoms with van der Waals surface area (Å²) in [5.74, 6) is 1.73. The third kappa shape index (κ3) is 6.38. The van der Waals surface area contributed by atoms with Crippen LogP contribution in [0.25, 0.3) is 11.3 Å². The first-order valence-electron chi connectivity index (χ1n) is 12.6. The average Bonchev–Trinajstić information content (AvgIpc) is 3.50. The molecule has 0 N–H and O–H groups in total. The number of amides is 2. The number of furan rings is 1. The molecule has 2 amide bonds. The summed E-state index contributed by atoms with van der Waals surface area (Å²) in [6, 6.07) is 21.7. The molecule has 1 aliphatic rings. The van der Waals surface area contributed by atoms with Crippen molar-refractivity contribution in [3.05, 3.63) is 95.4 Å². The number of anilines is 1. The van der Waals surface area contributed by atoms with Crippen LogP contribution in [-0.4, -0.2) is 71.6 Å². The summed E-state index contributed by atoms with van der Waals surface area (Å²) in [5, 5.41) is 9.35. The van der Waals surface area contributed by atoms with Gasteiger partial charge in [0.1, 0.15) is 18.1 Å². The van der Waals surface area contributed by atoms with Gasteiger partial charge in [-0.1, -0.05) is 23.7 Å². The Morgan fingerprint density at radius 3 is 2.44 bits per heavy atom. The van der Waals surface area contributed by atoms with Crippen molar-refractivity contribution in [2.45, 2.75) is 6.54 Å². The molecular weight excluding hydrogens is 518 g/mol. The molecule has 0 atom stereocenters. The van der Waals surface area contributed by atoms with E-state index in [1.807, 2.05) is 36.4 Å². The van der Waals surface area contributed by atoms with Crippen molar-refractivity contribution in [1.29, 1.82) is 0 Å². The fourth-order valence-corrected chi connectivity index (χ4v) is 4.57. The summed E-state index contributed by atoms with van der Waals surface area (Å²) in [4.78, 5) is 31.9. The van der Waals surface area contributed by atoms with E-state index >= 15 is 0 Å². The summed E-state index contributed by atoms with van der Waals surface area (Å²) >= 11 is 5.98. The van der Waals surface area contributed by atoms with Gasteiger partial charge in [-0.05, 0) is 60.7 Å². The van der Waals surface area contributed by atoms with E-state index in [1.165, 1.54) is 4.90 Å². The van der Waals surface area contributed by atoms with Crippen LogP contribution in [0, 0.1) is 0 Å². The maximum absolute atomic E-state index is 13.2. The van der Waals surface area contributed by atoms with Crippen molar-refractivity contribution in [3.8, 4) is 17.0 Å². The van der Waals surface area contributed by atoms with Crippen LogP contribution >= 0.6 is 11.6 Å². The molecule has 0 bridgehead atoms. The van der Waals surface area contributed by atoms with Gasteiger partial charge in [0.05, 0.1) is 25.6 Å². The number of piperazine rings is 1. The molecule has 1 saturated heterocycles. The van der Waals surface area contributed by atoms with E-state index in [4.69, 9.17) is 20.8 Å². The van der Waals surface area contributed by atoms with Gasteiger partial charge in [0.25, 0.3) is 5.91 Å². The lowest BCUT2D eigenvalue weighted by Crippen LogP contribution is -2.52. The number of halogens is 1. The molecule has 0 saturated carbocycles. The minimum atomic E-state index is -0.263. The van der Waals surface area contributed by atoms with E-state index in [2.05, 4.69) is 15.1 Å². The van der Waals surface area contributed by atoms with E-state index in [-0.39, 0.29) is 24.9 Å². The largest absolute Gasteiger partial charge is 0.497 e. The summed E-state index contributed by atoms with van der Waals surface area (Å²) in [7, 11) is 1.63. The quantitative estimate of drug-likeness (QED) is 0.324. The van der Waals surface area contributed by atoms with Gasteiger partial charge in [-0.25, -0.2) is 0 Å². The van der Waals surface area contributed by atoms with Crippen LogP contribution in [0.5, 0.6) is 5.75 Å². The Morgan fingerprint density at radius 2 is 1.77 bits per heavy atom. The van der Waals surface area contributed by atoms with Crippen LogP contribution in [0.1, 0.15) is 16.1 Å². The number of ether oxygens (including phenoxy) is 1. The number of hydrogen-bond donors (Lipinski definition) is 0. The molecule has 0 radical (unpaired) electrons. The normalized spacial score (nSPS) is 13.3. The molecule has 5 rings (SSSR count). The standard InChI is InChI=1S/C29H28ClN5O4/c1-38-24-5-2-4-22(18-24)26-11-12-27(32-31-26)33-13-15-34(16-14-33)28(36)20-35(19-25-6-3-17-39-25)29(37)21-7-9-23(30)10-8-21/h2-12,17-18H,13-16,19-20H2,1H3. The number of rotatable bonds is 8. The fourth-order valence-electron chi connectivity index (χ4n) is 4.44. The second-order valence-electron chi connectivity index (χ2n) is 9.12. The predicted molar refractivity (Wildman–Crippen MR) is 148 cm³/mol. The second kappa shape index (κ2) is 12.0. The monoisotopic (exact) mass is 545 g/mol. The molecule has 1 fully saturated rings. The highest BCUT2D eigenvalue weighted by molar-refractivity contribution is 6.30. The maximum atomic E-state index is 13.2. The molecule has 3 heterocycles. The van der Waals surface area contributed by atoms with Crippen molar-refractivity contribution in [3.63, 3.8) is 0 Å². The zero-order valence-electron chi connectivity index (χ0n) is 21.5. The maximum Gasteiger partial charge on any atom is 0.254 e. The molecule has 200 valence electrons. The molecule has 2 aromatic carbocycles. The zero-order chi connectivity index (χ0) is 27.2. The third-order valence-electron chi connectivity index (χ3n) is 6.60. The molecule has 0 aliphatic carbocycles.